The number of benzene rings is 1. The molecule has 1 aliphatic heterocycles. The van der Waals surface area contributed by atoms with Crippen molar-refractivity contribution in [3.8, 4) is 0 Å². The van der Waals surface area contributed by atoms with E-state index in [9.17, 15) is 44.7 Å². The van der Waals surface area contributed by atoms with Crippen LogP contribution in [-0.2, 0) is 28.6 Å². The first-order valence-corrected chi connectivity index (χ1v) is 17.4. The Labute approximate surface area is 292 Å². The molecule has 270 valence electrons. The van der Waals surface area contributed by atoms with Gasteiger partial charge in [-0.3, -0.25) is 9.59 Å². The topological polar surface area (TPSA) is 209 Å². The number of hydrogen-bond acceptors (Lipinski definition) is 13. The van der Waals surface area contributed by atoms with Gasteiger partial charge in [0.1, 0.15) is 35.6 Å². The number of carbonyl (C=O) groups is 4. The molecule has 50 heavy (non-hydrogen) atoms. The number of ketones is 1. The van der Waals surface area contributed by atoms with Crippen molar-refractivity contribution in [1.82, 2.24) is 5.32 Å². The van der Waals surface area contributed by atoms with Gasteiger partial charge in [-0.25, -0.2) is 9.59 Å². The van der Waals surface area contributed by atoms with Gasteiger partial charge in [0.05, 0.1) is 29.8 Å². The molecule has 1 aromatic carbocycles. The van der Waals surface area contributed by atoms with Crippen molar-refractivity contribution in [2.45, 2.75) is 101 Å². The monoisotopic (exact) mass is 713 g/mol. The number of nitrogens with one attached hydrogen (secondary N) is 1. The lowest BCUT2D eigenvalue weighted by Gasteiger charge is -2.66. The van der Waals surface area contributed by atoms with Crippen LogP contribution in [0.2, 0.25) is 0 Å². The largest absolute Gasteiger partial charge is 0.456 e. The van der Waals surface area contributed by atoms with E-state index in [1.165, 1.54) is 44.2 Å². The Hall–Kier alpha value is -3.50. The average molecular weight is 714 g/mol. The minimum absolute atomic E-state index is 0.0215. The summed E-state index contributed by atoms with van der Waals surface area (Å²) in [5.74, 6) is -4.94. The minimum atomic E-state index is -2.27. The number of thiophene rings is 1. The number of rotatable bonds is 7. The number of amides is 1. The van der Waals surface area contributed by atoms with Gasteiger partial charge in [-0.15, -0.1) is 11.3 Å². The summed E-state index contributed by atoms with van der Waals surface area (Å²) >= 11 is 1.20. The number of Topliss-reactive ketones (excluding diaryl/α,β-unsaturated/α-hetero) is 1. The molecule has 14 heteroatoms. The SMILES string of the molecule is CC(=O)NC(c1cccs1)C(O)C(=O)OC1CC2(O)C(OC(=O)c3ccccc3)C3[C@]4(O)COC4CC(O)[C@@]3(C)C(=O)C(O)C(=C1C)C2(C)C. The number of aliphatic hydroxyl groups is 5. The van der Waals surface area contributed by atoms with Crippen LogP contribution in [0, 0.1) is 16.7 Å². The van der Waals surface area contributed by atoms with E-state index < -0.39 is 101 Å². The third-order valence-electron chi connectivity index (χ3n) is 11.6. The molecule has 2 aromatic rings. The molecular formula is C36H43NO12S. The second kappa shape index (κ2) is 12.6. The van der Waals surface area contributed by atoms with Crippen molar-refractivity contribution in [1.29, 1.82) is 0 Å². The summed E-state index contributed by atoms with van der Waals surface area (Å²) < 4.78 is 17.7. The van der Waals surface area contributed by atoms with Crippen molar-refractivity contribution < 1.29 is 58.9 Å². The zero-order valence-corrected chi connectivity index (χ0v) is 29.2. The van der Waals surface area contributed by atoms with Gasteiger partial charge in [-0.05, 0) is 48.6 Å². The third-order valence-corrected chi connectivity index (χ3v) is 12.6. The lowest BCUT2D eigenvalue weighted by molar-refractivity contribution is -0.343. The molecule has 11 atom stereocenters. The Bertz CT molecular complexity index is 1710. The fourth-order valence-corrected chi connectivity index (χ4v) is 9.52. The maximum Gasteiger partial charge on any atom is 0.338 e. The molecule has 2 bridgehead atoms. The van der Waals surface area contributed by atoms with Crippen molar-refractivity contribution in [3.63, 3.8) is 0 Å². The zero-order valence-electron chi connectivity index (χ0n) is 28.4. The van der Waals surface area contributed by atoms with E-state index in [0.29, 0.717) is 4.88 Å². The Kier molecular flexibility index (Phi) is 9.16. The van der Waals surface area contributed by atoms with Crippen LogP contribution in [-0.4, -0.2) is 104 Å². The van der Waals surface area contributed by atoms with Gasteiger partial charge in [-0.2, -0.15) is 0 Å². The van der Waals surface area contributed by atoms with Gasteiger partial charge in [0.25, 0.3) is 0 Å². The van der Waals surface area contributed by atoms with Gasteiger partial charge in [0.15, 0.2) is 11.9 Å². The molecule has 9 unspecified atom stereocenters. The highest BCUT2D eigenvalue weighted by molar-refractivity contribution is 7.10. The van der Waals surface area contributed by atoms with Crippen molar-refractivity contribution in [2.75, 3.05) is 6.61 Å². The van der Waals surface area contributed by atoms with E-state index in [-0.39, 0.29) is 29.7 Å². The number of fused-ring (bicyclic) bond motifs is 5. The number of hydrogen-bond donors (Lipinski definition) is 6. The van der Waals surface area contributed by atoms with Crippen LogP contribution in [0.5, 0.6) is 0 Å². The molecule has 6 rings (SSSR count). The highest BCUT2D eigenvalue weighted by Gasteiger charge is 2.76. The molecule has 2 heterocycles. The highest BCUT2D eigenvalue weighted by atomic mass is 32.1. The molecular weight excluding hydrogens is 670 g/mol. The first-order valence-electron chi connectivity index (χ1n) is 16.5. The van der Waals surface area contributed by atoms with E-state index in [2.05, 4.69) is 5.32 Å². The molecule has 4 aliphatic rings. The van der Waals surface area contributed by atoms with E-state index in [1.807, 2.05) is 0 Å². The van der Waals surface area contributed by atoms with Crippen LogP contribution in [0.15, 0.2) is 59.0 Å². The first kappa shape index (κ1) is 36.3. The minimum Gasteiger partial charge on any atom is -0.456 e. The maximum atomic E-state index is 14.6. The summed E-state index contributed by atoms with van der Waals surface area (Å²) in [7, 11) is 0. The van der Waals surface area contributed by atoms with Gasteiger partial charge in [0.2, 0.25) is 5.91 Å². The van der Waals surface area contributed by atoms with Gasteiger partial charge < -0.3 is 45.1 Å². The third kappa shape index (κ3) is 5.35. The Morgan fingerprint density at radius 2 is 1.72 bits per heavy atom. The van der Waals surface area contributed by atoms with Gasteiger partial charge >= 0.3 is 11.9 Å². The number of esters is 2. The van der Waals surface area contributed by atoms with E-state index in [0.717, 1.165) is 0 Å². The Morgan fingerprint density at radius 1 is 1.04 bits per heavy atom. The Morgan fingerprint density at radius 3 is 2.30 bits per heavy atom. The van der Waals surface area contributed by atoms with Crippen LogP contribution in [0.25, 0.3) is 0 Å². The Balaban J connectivity index is 1.49. The molecule has 1 amide bonds. The summed E-state index contributed by atoms with van der Waals surface area (Å²) in [5, 5.41) is 64.2. The second-order valence-corrected chi connectivity index (χ2v) is 15.7. The maximum absolute atomic E-state index is 14.6. The van der Waals surface area contributed by atoms with Crippen LogP contribution >= 0.6 is 11.3 Å². The van der Waals surface area contributed by atoms with Crippen LogP contribution in [0.1, 0.15) is 68.7 Å². The van der Waals surface area contributed by atoms with Gasteiger partial charge in [0, 0.05) is 36.0 Å². The lowest BCUT2D eigenvalue weighted by Crippen LogP contribution is -2.81. The summed E-state index contributed by atoms with van der Waals surface area (Å²) in [6.45, 7) is 6.96. The predicted octanol–water partition coefficient (Wildman–Crippen LogP) is 1.36. The standard InChI is InChI=1S/C36H43NO12S/c1-17-20(48-32(44)27(41)25(37-18(2)38)21-12-9-13-50-21)15-36(46)30(49-31(43)19-10-7-6-8-11-19)28-34(5,22(39)14-23-35(28,45)16-47-23)29(42)26(40)24(17)33(36,3)4/h6-13,20,22-23,25-28,30,39-41,45-46H,14-16H2,1-5H3,(H,37,38)/t20?,22?,23?,25?,26?,27?,28?,30?,34-,35+,36?/m1/s1. The molecule has 1 saturated heterocycles. The zero-order chi connectivity index (χ0) is 36.6. The molecule has 6 N–H and O–H groups in total. The van der Waals surface area contributed by atoms with Gasteiger partial charge in [-0.1, -0.05) is 38.1 Å². The molecule has 0 spiro atoms. The quantitative estimate of drug-likeness (QED) is 0.178. The molecule has 1 aromatic heterocycles. The fraction of sp³-hybridized carbons (Fsp3) is 0.556. The number of carbonyl (C=O) groups excluding carboxylic acids is 4. The van der Waals surface area contributed by atoms with Crippen LogP contribution < -0.4 is 5.32 Å². The van der Waals surface area contributed by atoms with Crippen LogP contribution in [0.4, 0.5) is 0 Å². The summed E-state index contributed by atoms with van der Waals surface area (Å²) in [6.07, 6.45) is -10.0. The predicted molar refractivity (Wildman–Crippen MR) is 176 cm³/mol. The summed E-state index contributed by atoms with van der Waals surface area (Å²) in [4.78, 5) is 54.5. The second-order valence-electron chi connectivity index (χ2n) is 14.7. The summed E-state index contributed by atoms with van der Waals surface area (Å²) in [5.41, 5.74) is -7.36. The van der Waals surface area contributed by atoms with E-state index >= 15 is 0 Å². The van der Waals surface area contributed by atoms with E-state index in [4.69, 9.17) is 14.2 Å². The lowest BCUT2D eigenvalue weighted by atomic mass is 9.44. The number of ether oxygens (including phenoxy) is 3. The molecule has 3 fully saturated rings. The molecule has 2 saturated carbocycles. The van der Waals surface area contributed by atoms with Crippen LogP contribution in [0.3, 0.4) is 0 Å². The average Bonchev–Trinajstić information content (AvgIpc) is 3.60. The molecule has 0 radical (unpaired) electrons. The fourth-order valence-electron chi connectivity index (χ4n) is 8.72. The molecule has 3 aliphatic carbocycles. The van der Waals surface area contributed by atoms with Crippen molar-refractivity contribution in [2.24, 2.45) is 16.7 Å². The van der Waals surface area contributed by atoms with Crippen molar-refractivity contribution >= 4 is 35.0 Å². The smallest absolute Gasteiger partial charge is 0.338 e. The highest BCUT2D eigenvalue weighted by Crippen LogP contribution is 2.63. The summed E-state index contributed by atoms with van der Waals surface area (Å²) in [6, 6.07) is 10.1. The normalized spacial score (nSPS) is 37.1. The van der Waals surface area contributed by atoms with Crippen molar-refractivity contribution in [3.05, 3.63) is 69.4 Å². The molecule has 13 nitrogen and oxygen atoms in total. The first-order chi connectivity index (χ1) is 23.4. The number of aliphatic hydroxyl groups excluding tert-OH is 3. The van der Waals surface area contributed by atoms with E-state index in [1.54, 1.807) is 49.6 Å².